The molecule has 0 saturated heterocycles. The van der Waals surface area contributed by atoms with E-state index in [2.05, 4.69) is 29.6 Å². The number of nitrogens with one attached hydrogen (secondary N) is 2. The van der Waals surface area contributed by atoms with E-state index in [-0.39, 0.29) is 41.3 Å². The zero-order chi connectivity index (χ0) is 19.7. The first kappa shape index (κ1) is 25.1. The highest BCUT2D eigenvalue weighted by atomic mass is 127. The van der Waals surface area contributed by atoms with Crippen LogP contribution in [0.5, 0.6) is 0 Å². The Morgan fingerprint density at radius 1 is 1.25 bits per heavy atom. The van der Waals surface area contributed by atoms with Gasteiger partial charge in [-0.05, 0) is 58.8 Å². The molecule has 2 N–H and O–H groups in total. The molecule has 0 amide bonds. The summed E-state index contributed by atoms with van der Waals surface area (Å²) in [6.07, 6.45) is 3.08. The van der Waals surface area contributed by atoms with Crippen molar-refractivity contribution in [2.24, 2.45) is 4.99 Å². The lowest BCUT2D eigenvalue weighted by Gasteiger charge is -2.22. The normalized spacial score (nSPS) is 16.4. The van der Waals surface area contributed by atoms with E-state index in [1.807, 2.05) is 26.0 Å². The molecular formula is C21H36FIN4O. The fourth-order valence-electron chi connectivity index (χ4n) is 3.22. The van der Waals surface area contributed by atoms with Gasteiger partial charge in [-0.3, -0.25) is 4.99 Å². The molecule has 1 aromatic carbocycles. The third-order valence-corrected chi connectivity index (χ3v) is 4.98. The topological polar surface area (TPSA) is 48.9 Å². The summed E-state index contributed by atoms with van der Waals surface area (Å²) in [5.74, 6) is 0.651. The van der Waals surface area contributed by atoms with Crippen molar-refractivity contribution in [3.05, 3.63) is 35.6 Å². The van der Waals surface area contributed by atoms with Crippen LogP contribution in [0.25, 0.3) is 0 Å². The largest absolute Gasteiger partial charge is 0.377 e. The minimum atomic E-state index is -0.141. The van der Waals surface area contributed by atoms with E-state index in [4.69, 9.17) is 9.73 Å². The summed E-state index contributed by atoms with van der Waals surface area (Å²) < 4.78 is 20.0. The molecule has 0 spiro atoms. The molecule has 1 atom stereocenters. The minimum absolute atomic E-state index is 0. The Balaban J connectivity index is 0.00000392. The summed E-state index contributed by atoms with van der Waals surface area (Å²) in [6.45, 7) is 7.84. The first-order valence-corrected chi connectivity index (χ1v) is 10.0. The van der Waals surface area contributed by atoms with Crippen molar-refractivity contribution in [1.29, 1.82) is 0 Å². The van der Waals surface area contributed by atoms with Crippen LogP contribution >= 0.6 is 24.0 Å². The van der Waals surface area contributed by atoms with Gasteiger partial charge in [0.2, 0.25) is 0 Å². The number of rotatable bonds is 11. The van der Waals surface area contributed by atoms with E-state index in [9.17, 15) is 4.39 Å². The monoisotopic (exact) mass is 506 g/mol. The molecule has 1 unspecified atom stereocenters. The number of ether oxygens (including phenoxy) is 1. The summed E-state index contributed by atoms with van der Waals surface area (Å²) in [5.41, 5.74) is 0.653. The van der Waals surface area contributed by atoms with Crippen LogP contribution in [0, 0.1) is 5.82 Å². The second-order valence-corrected chi connectivity index (χ2v) is 7.51. The van der Waals surface area contributed by atoms with Gasteiger partial charge in [-0.25, -0.2) is 4.39 Å². The van der Waals surface area contributed by atoms with Crippen molar-refractivity contribution in [3.8, 4) is 0 Å². The number of hydrogen-bond donors (Lipinski definition) is 2. The van der Waals surface area contributed by atoms with Gasteiger partial charge in [-0.2, -0.15) is 0 Å². The van der Waals surface area contributed by atoms with E-state index in [1.165, 1.54) is 0 Å². The summed E-state index contributed by atoms with van der Waals surface area (Å²) in [4.78, 5) is 6.92. The van der Waals surface area contributed by atoms with Gasteiger partial charge in [-0.1, -0.05) is 18.2 Å². The number of guanidine groups is 1. The summed E-state index contributed by atoms with van der Waals surface area (Å²) in [6, 6.07) is 7.08. The van der Waals surface area contributed by atoms with Crippen molar-refractivity contribution in [2.75, 3.05) is 46.9 Å². The fourth-order valence-corrected chi connectivity index (χ4v) is 3.22. The first-order chi connectivity index (χ1) is 13.0. The van der Waals surface area contributed by atoms with Gasteiger partial charge < -0.3 is 20.3 Å². The highest BCUT2D eigenvalue weighted by molar-refractivity contribution is 14.0. The molecule has 1 aromatic rings. The molecule has 2 rings (SSSR count). The van der Waals surface area contributed by atoms with Crippen molar-refractivity contribution in [3.63, 3.8) is 0 Å². The second kappa shape index (κ2) is 12.6. The second-order valence-electron chi connectivity index (χ2n) is 7.51. The molecule has 1 aliphatic carbocycles. The van der Waals surface area contributed by atoms with E-state index in [0.29, 0.717) is 19.7 Å². The van der Waals surface area contributed by atoms with Gasteiger partial charge in [0.05, 0.1) is 12.6 Å². The van der Waals surface area contributed by atoms with Crippen LogP contribution in [0.3, 0.4) is 0 Å². The van der Waals surface area contributed by atoms with Crippen LogP contribution in [0.2, 0.25) is 0 Å². The molecule has 0 heterocycles. The number of halogens is 2. The van der Waals surface area contributed by atoms with E-state index >= 15 is 0 Å². The average molecular weight is 506 g/mol. The first-order valence-electron chi connectivity index (χ1n) is 10.0. The quantitative estimate of drug-likeness (QED) is 0.275. The number of aliphatic imine (C=N–C) groups is 1. The van der Waals surface area contributed by atoms with Crippen molar-refractivity contribution in [1.82, 2.24) is 15.5 Å². The Morgan fingerprint density at radius 2 is 1.96 bits per heavy atom. The molecule has 0 radical (unpaired) electrons. The number of benzene rings is 1. The fraction of sp³-hybridized carbons (Fsp3) is 0.667. The predicted molar refractivity (Wildman–Crippen MR) is 125 cm³/mol. The molecule has 1 saturated carbocycles. The zero-order valence-corrected chi connectivity index (χ0v) is 20.0. The van der Waals surface area contributed by atoms with Gasteiger partial charge >= 0.3 is 0 Å². The van der Waals surface area contributed by atoms with Crippen LogP contribution in [-0.2, 0) is 10.2 Å². The smallest absolute Gasteiger partial charge is 0.191 e. The summed E-state index contributed by atoms with van der Waals surface area (Å²) in [7, 11) is 4.14. The van der Waals surface area contributed by atoms with Crippen LogP contribution < -0.4 is 10.6 Å². The van der Waals surface area contributed by atoms with Crippen molar-refractivity contribution < 1.29 is 9.13 Å². The maximum Gasteiger partial charge on any atom is 0.191 e. The number of nitrogens with zero attached hydrogens (tertiary/aromatic N) is 2. The maximum atomic E-state index is 14.2. The Labute approximate surface area is 186 Å². The third kappa shape index (κ3) is 7.83. The van der Waals surface area contributed by atoms with Crippen molar-refractivity contribution >= 4 is 29.9 Å². The zero-order valence-electron chi connectivity index (χ0n) is 17.6. The molecule has 5 nitrogen and oxygen atoms in total. The van der Waals surface area contributed by atoms with Gasteiger partial charge in [0.15, 0.2) is 5.96 Å². The predicted octanol–water partition coefficient (Wildman–Crippen LogP) is 3.39. The molecule has 1 fully saturated rings. The van der Waals surface area contributed by atoms with Gasteiger partial charge in [-0.15, -0.1) is 24.0 Å². The van der Waals surface area contributed by atoms with Crippen LogP contribution in [0.15, 0.2) is 29.3 Å². The van der Waals surface area contributed by atoms with E-state index in [0.717, 1.165) is 43.9 Å². The molecule has 1 aliphatic rings. The molecule has 28 heavy (non-hydrogen) atoms. The molecule has 7 heteroatoms. The lowest BCUT2D eigenvalue weighted by atomic mass is 9.95. The van der Waals surface area contributed by atoms with Crippen LogP contribution in [0.1, 0.15) is 38.7 Å². The van der Waals surface area contributed by atoms with E-state index < -0.39 is 0 Å². The van der Waals surface area contributed by atoms with Crippen LogP contribution in [-0.4, -0.2) is 63.8 Å². The number of hydrogen-bond acceptors (Lipinski definition) is 3. The van der Waals surface area contributed by atoms with Gasteiger partial charge in [0.1, 0.15) is 5.82 Å². The Kier molecular flexibility index (Phi) is 11.3. The molecule has 160 valence electrons. The molecule has 0 aromatic heterocycles. The maximum absolute atomic E-state index is 14.2. The lowest BCUT2D eigenvalue weighted by Crippen LogP contribution is -2.43. The Hall–Kier alpha value is -0.930. The summed E-state index contributed by atoms with van der Waals surface area (Å²) >= 11 is 0. The summed E-state index contributed by atoms with van der Waals surface area (Å²) in [5, 5.41) is 6.69. The molecular weight excluding hydrogens is 470 g/mol. The highest BCUT2D eigenvalue weighted by Crippen LogP contribution is 2.49. The highest BCUT2D eigenvalue weighted by Gasteiger charge is 2.45. The Bertz CT molecular complexity index is 608. The van der Waals surface area contributed by atoms with Gasteiger partial charge in [0.25, 0.3) is 0 Å². The van der Waals surface area contributed by atoms with Crippen LogP contribution in [0.4, 0.5) is 4.39 Å². The van der Waals surface area contributed by atoms with E-state index in [1.54, 1.807) is 12.1 Å². The minimum Gasteiger partial charge on any atom is -0.377 e. The molecule has 0 bridgehead atoms. The molecule has 0 aliphatic heterocycles. The average Bonchev–Trinajstić information content (AvgIpc) is 3.43. The van der Waals surface area contributed by atoms with Gasteiger partial charge in [0, 0.05) is 31.7 Å². The SMILES string of the molecule is CCNC(=NCC1(c2ccccc2F)CC1)NCC(CCN(C)C)OCC.I. The third-order valence-electron chi connectivity index (χ3n) is 4.98. The Morgan fingerprint density at radius 3 is 2.54 bits per heavy atom. The van der Waals surface area contributed by atoms with Crippen molar-refractivity contribution in [2.45, 2.75) is 44.6 Å². The standard InChI is InChI=1S/C21H35FN4O.HI/c1-5-23-20(24-15-17(27-6-2)11-14-26(3)4)25-16-21(12-13-21)18-9-7-8-10-19(18)22;/h7-10,17H,5-6,11-16H2,1-4H3,(H2,23,24,25);1H. The lowest BCUT2D eigenvalue weighted by molar-refractivity contribution is 0.0548.